The fourth-order valence-electron chi connectivity index (χ4n) is 2.92. The summed E-state index contributed by atoms with van der Waals surface area (Å²) in [4.78, 5) is 9.01. The van der Waals surface area contributed by atoms with Crippen LogP contribution in [0, 0.1) is 0 Å². The Hall–Kier alpha value is -2.88. The summed E-state index contributed by atoms with van der Waals surface area (Å²) in [6.45, 7) is 6.28. The van der Waals surface area contributed by atoms with Gasteiger partial charge >= 0.3 is 0 Å². The number of aromatic hydroxyl groups is 2. The van der Waals surface area contributed by atoms with Crippen LogP contribution in [-0.2, 0) is 6.42 Å². The summed E-state index contributed by atoms with van der Waals surface area (Å²) in [6, 6.07) is 9.31. The third kappa shape index (κ3) is 3.85. The standard InChI is InChI=1S/C22H24N2O2/c1-14(2)7-6-8-15(3)11-12-16-13-19-20(22(26)21(16)25)24-18-10-5-4-9-17(18)23-19/h4-5,7,9-11,13,25-26H,6,8,12H2,1-3H3. The number of fused-ring (bicyclic) bond motifs is 2. The molecule has 1 aromatic heterocycles. The number of aromatic nitrogens is 2. The first-order chi connectivity index (χ1) is 12.5. The highest BCUT2D eigenvalue weighted by atomic mass is 16.3. The summed E-state index contributed by atoms with van der Waals surface area (Å²) >= 11 is 0. The minimum atomic E-state index is -0.202. The van der Waals surface area contributed by atoms with Crippen molar-refractivity contribution >= 4 is 22.1 Å². The number of allylic oxidation sites excluding steroid dienone is 4. The van der Waals surface area contributed by atoms with Gasteiger partial charge in [-0.1, -0.05) is 35.4 Å². The van der Waals surface area contributed by atoms with Crippen molar-refractivity contribution < 1.29 is 10.2 Å². The molecule has 3 aromatic rings. The zero-order valence-corrected chi connectivity index (χ0v) is 15.5. The molecule has 26 heavy (non-hydrogen) atoms. The first-order valence-electron chi connectivity index (χ1n) is 8.85. The van der Waals surface area contributed by atoms with Crippen LogP contribution >= 0.6 is 0 Å². The van der Waals surface area contributed by atoms with Crippen LogP contribution in [0.3, 0.4) is 0 Å². The minimum Gasteiger partial charge on any atom is -0.504 e. The Morgan fingerprint density at radius 3 is 2.31 bits per heavy atom. The molecule has 0 aliphatic carbocycles. The van der Waals surface area contributed by atoms with E-state index in [0.29, 0.717) is 28.5 Å². The lowest BCUT2D eigenvalue weighted by Gasteiger charge is -2.09. The zero-order chi connectivity index (χ0) is 18.7. The molecule has 0 fully saturated rings. The van der Waals surface area contributed by atoms with Crippen molar-refractivity contribution in [3.63, 3.8) is 0 Å². The van der Waals surface area contributed by atoms with Crippen LogP contribution in [0.4, 0.5) is 0 Å². The predicted molar refractivity (Wildman–Crippen MR) is 106 cm³/mol. The average Bonchev–Trinajstić information content (AvgIpc) is 2.62. The molecule has 2 N–H and O–H groups in total. The van der Waals surface area contributed by atoms with Gasteiger partial charge in [0.05, 0.1) is 16.6 Å². The van der Waals surface area contributed by atoms with E-state index in [1.54, 1.807) is 0 Å². The number of phenolic OH excluding ortho intramolecular Hbond substituents is 2. The lowest BCUT2D eigenvalue weighted by molar-refractivity contribution is 0.404. The number of hydrogen-bond acceptors (Lipinski definition) is 4. The topological polar surface area (TPSA) is 66.2 Å². The SMILES string of the molecule is CC(C)=CCCC(C)=CCc1cc2nc3ccccc3nc2c(O)c1O. The number of benzene rings is 2. The maximum atomic E-state index is 10.4. The van der Waals surface area contributed by atoms with E-state index in [2.05, 4.69) is 42.9 Å². The van der Waals surface area contributed by atoms with Gasteiger partial charge in [0.15, 0.2) is 11.5 Å². The molecule has 0 aliphatic rings. The van der Waals surface area contributed by atoms with E-state index in [-0.39, 0.29) is 11.5 Å². The van der Waals surface area contributed by atoms with Gasteiger partial charge in [-0.3, -0.25) is 0 Å². The number of phenols is 2. The molecule has 0 radical (unpaired) electrons. The Bertz CT molecular complexity index is 1020. The minimum absolute atomic E-state index is 0.115. The normalized spacial score (nSPS) is 11.9. The van der Waals surface area contributed by atoms with Crippen LogP contribution in [0.5, 0.6) is 11.5 Å². The second kappa shape index (κ2) is 7.56. The van der Waals surface area contributed by atoms with Crippen LogP contribution in [-0.4, -0.2) is 20.2 Å². The molecule has 4 heteroatoms. The Kier molecular flexibility index (Phi) is 5.21. The Morgan fingerprint density at radius 2 is 1.62 bits per heavy atom. The summed E-state index contributed by atoms with van der Waals surface area (Å²) in [5.41, 5.74) is 5.61. The van der Waals surface area contributed by atoms with Crippen LogP contribution in [0.15, 0.2) is 53.6 Å². The smallest absolute Gasteiger partial charge is 0.186 e. The first kappa shape index (κ1) is 17.9. The molecule has 0 amide bonds. The lowest BCUT2D eigenvalue weighted by atomic mass is 10.0. The third-order valence-electron chi connectivity index (χ3n) is 4.42. The quantitative estimate of drug-likeness (QED) is 0.366. The van der Waals surface area contributed by atoms with E-state index in [1.807, 2.05) is 30.3 Å². The summed E-state index contributed by atoms with van der Waals surface area (Å²) < 4.78 is 0. The van der Waals surface area contributed by atoms with Gasteiger partial charge in [-0.05, 0) is 58.2 Å². The molecule has 0 spiro atoms. The van der Waals surface area contributed by atoms with Gasteiger partial charge in [-0.25, -0.2) is 9.97 Å². The molecule has 2 aromatic carbocycles. The fourth-order valence-corrected chi connectivity index (χ4v) is 2.92. The van der Waals surface area contributed by atoms with Gasteiger partial charge in [0.2, 0.25) is 0 Å². The van der Waals surface area contributed by atoms with Gasteiger partial charge in [0.25, 0.3) is 0 Å². The first-order valence-corrected chi connectivity index (χ1v) is 8.85. The van der Waals surface area contributed by atoms with Crippen LogP contribution in [0.2, 0.25) is 0 Å². The summed E-state index contributed by atoms with van der Waals surface area (Å²) in [7, 11) is 0. The molecule has 1 heterocycles. The predicted octanol–water partition coefficient (Wildman–Crippen LogP) is 5.43. The average molecular weight is 348 g/mol. The van der Waals surface area contributed by atoms with Crippen molar-refractivity contribution in [1.82, 2.24) is 9.97 Å². The van der Waals surface area contributed by atoms with Gasteiger partial charge in [0.1, 0.15) is 5.52 Å². The van der Waals surface area contributed by atoms with E-state index in [0.717, 1.165) is 18.4 Å². The zero-order valence-electron chi connectivity index (χ0n) is 15.5. The highest BCUT2D eigenvalue weighted by Gasteiger charge is 2.14. The maximum Gasteiger partial charge on any atom is 0.186 e. The van der Waals surface area contributed by atoms with Crippen LogP contribution in [0.1, 0.15) is 39.2 Å². The van der Waals surface area contributed by atoms with E-state index >= 15 is 0 Å². The van der Waals surface area contributed by atoms with Crippen molar-refractivity contribution in [2.24, 2.45) is 0 Å². The molecule has 0 unspecified atom stereocenters. The maximum absolute atomic E-state index is 10.4. The lowest BCUT2D eigenvalue weighted by Crippen LogP contribution is -1.92. The van der Waals surface area contributed by atoms with Crippen molar-refractivity contribution in [2.45, 2.75) is 40.0 Å². The number of nitrogens with zero attached hydrogens (tertiary/aromatic N) is 2. The number of para-hydroxylation sites is 2. The van der Waals surface area contributed by atoms with Gasteiger partial charge in [-0.15, -0.1) is 0 Å². The largest absolute Gasteiger partial charge is 0.504 e. The highest BCUT2D eigenvalue weighted by Crippen LogP contribution is 2.36. The van der Waals surface area contributed by atoms with E-state index in [4.69, 9.17) is 0 Å². The molecular formula is C22H24N2O2. The van der Waals surface area contributed by atoms with Crippen molar-refractivity contribution in [2.75, 3.05) is 0 Å². The third-order valence-corrected chi connectivity index (χ3v) is 4.42. The van der Waals surface area contributed by atoms with Gasteiger partial charge < -0.3 is 10.2 Å². The molecule has 134 valence electrons. The number of hydrogen-bond donors (Lipinski definition) is 2. The molecule has 3 rings (SSSR count). The summed E-state index contributed by atoms with van der Waals surface area (Å²) in [6.07, 6.45) is 6.85. The second-order valence-electron chi connectivity index (χ2n) is 6.89. The second-order valence-corrected chi connectivity index (χ2v) is 6.89. The molecular weight excluding hydrogens is 324 g/mol. The molecule has 0 saturated carbocycles. The molecule has 4 nitrogen and oxygen atoms in total. The Labute approximate surface area is 153 Å². The molecule has 0 aliphatic heterocycles. The van der Waals surface area contributed by atoms with E-state index < -0.39 is 0 Å². The van der Waals surface area contributed by atoms with E-state index in [1.165, 1.54) is 11.1 Å². The molecule has 0 atom stereocenters. The van der Waals surface area contributed by atoms with Crippen molar-refractivity contribution in [1.29, 1.82) is 0 Å². The number of rotatable bonds is 5. The van der Waals surface area contributed by atoms with E-state index in [9.17, 15) is 10.2 Å². The van der Waals surface area contributed by atoms with Crippen LogP contribution in [0.25, 0.3) is 22.1 Å². The molecule has 0 bridgehead atoms. The van der Waals surface area contributed by atoms with Crippen molar-refractivity contribution in [3.05, 3.63) is 59.2 Å². The van der Waals surface area contributed by atoms with Gasteiger partial charge in [0, 0.05) is 5.56 Å². The van der Waals surface area contributed by atoms with Gasteiger partial charge in [-0.2, -0.15) is 0 Å². The highest BCUT2D eigenvalue weighted by molar-refractivity contribution is 5.91. The van der Waals surface area contributed by atoms with Crippen molar-refractivity contribution in [3.8, 4) is 11.5 Å². The Balaban J connectivity index is 1.92. The van der Waals surface area contributed by atoms with Crippen LogP contribution < -0.4 is 0 Å². The monoisotopic (exact) mass is 348 g/mol. The fraction of sp³-hybridized carbons (Fsp3) is 0.273. The summed E-state index contributed by atoms with van der Waals surface area (Å²) in [5.74, 6) is -0.318. The Morgan fingerprint density at radius 1 is 0.923 bits per heavy atom. The molecule has 0 saturated heterocycles. The summed E-state index contributed by atoms with van der Waals surface area (Å²) in [5, 5.41) is 20.8.